The zero-order valence-electron chi connectivity index (χ0n) is 11.4. The molecule has 2 atom stereocenters. The summed E-state index contributed by atoms with van der Waals surface area (Å²) in [6.45, 7) is 7.30. The van der Waals surface area contributed by atoms with Crippen LogP contribution in [0.2, 0.25) is 0 Å². The molecule has 1 aromatic rings. The van der Waals surface area contributed by atoms with Gasteiger partial charge < -0.3 is 10.6 Å². The normalized spacial score (nSPS) is 21.5. The number of nitrogens with one attached hydrogen (secondary N) is 2. The molecule has 18 heavy (non-hydrogen) atoms. The number of carbonyl (C=O) groups is 1. The summed E-state index contributed by atoms with van der Waals surface area (Å²) in [5, 5.41) is 6.41. The molecule has 3 nitrogen and oxygen atoms in total. The minimum Gasteiger partial charge on any atom is -0.385 e. The maximum absolute atomic E-state index is 12.0. The summed E-state index contributed by atoms with van der Waals surface area (Å²) >= 11 is 0. The quantitative estimate of drug-likeness (QED) is 0.838. The number of rotatable bonds is 5. The first kappa shape index (κ1) is 12.9. The maximum atomic E-state index is 12.0. The van der Waals surface area contributed by atoms with Crippen molar-refractivity contribution in [2.45, 2.75) is 39.7 Å². The van der Waals surface area contributed by atoms with Crippen LogP contribution in [-0.2, 0) is 0 Å². The highest BCUT2D eigenvalue weighted by molar-refractivity contribution is 5.95. The lowest BCUT2D eigenvalue weighted by molar-refractivity contribution is 0.0949. The third kappa shape index (κ3) is 3.03. The lowest BCUT2D eigenvalue weighted by Gasteiger charge is -2.10. The fourth-order valence-electron chi connectivity index (χ4n) is 2.04. The van der Waals surface area contributed by atoms with Gasteiger partial charge in [-0.2, -0.15) is 0 Å². The Kier molecular flexibility index (Phi) is 3.90. The second-order valence-corrected chi connectivity index (χ2v) is 5.25. The Labute approximate surface area is 109 Å². The van der Waals surface area contributed by atoms with Crippen LogP contribution in [0, 0.1) is 12.8 Å². The van der Waals surface area contributed by atoms with Crippen LogP contribution in [-0.4, -0.2) is 18.5 Å². The maximum Gasteiger partial charge on any atom is 0.251 e. The second kappa shape index (κ2) is 5.42. The Balaban J connectivity index is 2.01. The van der Waals surface area contributed by atoms with Gasteiger partial charge in [0.15, 0.2) is 0 Å². The van der Waals surface area contributed by atoms with E-state index in [0.717, 1.165) is 36.2 Å². The van der Waals surface area contributed by atoms with Gasteiger partial charge in [0, 0.05) is 23.8 Å². The summed E-state index contributed by atoms with van der Waals surface area (Å²) in [7, 11) is 0. The van der Waals surface area contributed by atoms with E-state index in [2.05, 4.69) is 24.5 Å². The number of anilines is 1. The SMILES string of the molecule is CCCNc1ccc(C(=O)NC2CC2C)cc1C. The summed E-state index contributed by atoms with van der Waals surface area (Å²) in [5.74, 6) is 0.690. The van der Waals surface area contributed by atoms with Crippen molar-refractivity contribution in [3.8, 4) is 0 Å². The van der Waals surface area contributed by atoms with E-state index in [1.54, 1.807) is 0 Å². The average Bonchev–Trinajstić information content (AvgIpc) is 3.03. The van der Waals surface area contributed by atoms with Gasteiger partial charge in [0.25, 0.3) is 5.91 Å². The molecule has 1 aliphatic carbocycles. The first-order chi connectivity index (χ1) is 8.61. The minimum absolute atomic E-state index is 0.0505. The van der Waals surface area contributed by atoms with Gasteiger partial charge in [-0.3, -0.25) is 4.79 Å². The van der Waals surface area contributed by atoms with Crippen molar-refractivity contribution in [2.75, 3.05) is 11.9 Å². The van der Waals surface area contributed by atoms with E-state index in [9.17, 15) is 4.79 Å². The molecule has 3 heteroatoms. The summed E-state index contributed by atoms with van der Waals surface area (Å²) in [6, 6.07) is 6.24. The molecule has 0 aliphatic heterocycles. The van der Waals surface area contributed by atoms with Gasteiger partial charge >= 0.3 is 0 Å². The number of hydrogen-bond acceptors (Lipinski definition) is 2. The Bertz CT molecular complexity index is 442. The predicted molar refractivity (Wildman–Crippen MR) is 75.0 cm³/mol. The van der Waals surface area contributed by atoms with Crippen LogP contribution < -0.4 is 10.6 Å². The van der Waals surface area contributed by atoms with Gasteiger partial charge in [0.05, 0.1) is 0 Å². The van der Waals surface area contributed by atoms with Gasteiger partial charge in [-0.25, -0.2) is 0 Å². The van der Waals surface area contributed by atoms with E-state index in [-0.39, 0.29) is 5.91 Å². The van der Waals surface area contributed by atoms with Crippen LogP contribution in [0.1, 0.15) is 42.6 Å². The van der Waals surface area contributed by atoms with Crippen LogP contribution in [0.3, 0.4) is 0 Å². The van der Waals surface area contributed by atoms with Crippen LogP contribution in [0.25, 0.3) is 0 Å². The molecule has 0 saturated heterocycles. The van der Waals surface area contributed by atoms with Crippen LogP contribution in [0.15, 0.2) is 18.2 Å². The number of aryl methyl sites for hydroxylation is 1. The molecule has 0 spiro atoms. The standard InChI is InChI=1S/C15H22N2O/c1-4-7-16-13-6-5-12(8-10(13)2)15(18)17-14-9-11(14)3/h5-6,8,11,14,16H,4,7,9H2,1-3H3,(H,17,18). The molecule has 2 N–H and O–H groups in total. The van der Waals surface area contributed by atoms with Crippen molar-refractivity contribution >= 4 is 11.6 Å². The molecule has 1 amide bonds. The van der Waals surface area contributed by atoms with Crippen molar-refractivity contribution in [1.29, 1.82) is 0 Å². The molecule has 1 aromatic carbocycles. The summed E-state index contributed by atoms with van der Waals surface area (Å²) < 4.78 is 0. The van der Waals surface area contributed by atoms with E-state index in [4.69, 9.17) is 0 Å². The van der Waals surface area contributed by atoms with Crippen LogP contribution >= 0.6 is 0 Å². The van der Waals surface area contributed by atoms with Crippen LogP contribution in [0.4, 0.5) is 5.69 Å². The van der Waals surface area contributed by atoms with Gasteiger partial charge in [0.1, 0.15) is 0 Å². The highest BCUT2D eigenvalue weighted by Gasteiger charge is 2.33. The highest BCUT2D eigenvalue weighted by Crippen LogP contribution is 2.29. The van der Waals surface area contributed by atoms with Gasteiger partial charge in [-0.15, -0.1) is 0 Å². The molecular formula is C15H22N2O. The second-order valence-electron chi connectivity index (χ2n) is 5.25. The predicted octanol–water partition coefficient (Wildman–Crippen LogP) is 2.96. The molecule has 0 heterocycles. The zero-order chi connectivity index (χ0) is 13.1. The fraction of sp³-hybridized carbons (Fsp3) is 0.533. The molecule has 98 valence electrons. The third-order valence-electron chi connectivity index (χ3n) is 3.48. The Morgan fingerprint density at radius 3 is 2.72 bits per heavy atom. The largest absolute Gasteiger partial charge is 0.385 e. The van der Waals surface area contributed by atoms with Gasteiger partial charge in [0.2, 0.25) is 0 Å². The van der Waals surface area contributed by atoms with Crippen LogP contribution in [0.5, 0.6) is 0 Å². The minimum atomic E-state index is 0.0505. The van der Waals surface area contributed by atoms with Gasteiger partial charge in [-0.05, 0) is 49.4 Å². The first-order valence-electron chi connectivity index (χ1n) is 6.77. The lowest BCUT2D eigenvalue weighted by atomic mass is 10.1. The monoisotopic (exact) mass is 246 g/mol. The van der Waals surface area contributed by atoms with Crippen molar-refractivity contribution in [1.82, 2.24) is 5.32 Å². The summed E-state index contributed by atoms with van der Waals surface area (Å²) in [6.07, 6.45) is 2.21. The molecule has 0 aromatic heterocycles. The molecule has 1 saturated carbocycles. The van der Waals surface area contributed by atoms with Crippen molar-refractivity contribution in [2.24, 2.45) is 5.92 Å². The molecular weight excluding hydrogens is 224 g/mol. The number of amides is 1. The number of benzene rings is 1. The van der Waals surface area contributed by atoms with Crippen molar-refractivity contribution < 1.29 is 4.79 Å². The number of carbonyl (C=O) groups excluding carboxylic acids is 1. The van der Waals surface area contributed by atoms with E-state index < -0.39 is 0 Å². The van der Waals surface area contributed by atoms with E-state index >= 15 is 0 Å². The molecule has 1 aliphatic rings. The molecule has 0 radical (unpaired) electrons. The topological polar surface area (TPSA) is 41.1 Å². The lowest BCUT2D eigenvalue weighted by Crippen LogP contribution is -2.26. The average molecular weight is 246 g/mol. The molecule has 0 bridgehead atoms. The molecule has 1 fully saturated rings. The summed E-state index contributed by atoms with van der Waals surface area (Å²) in [5.41, 5.74) is 3.00. The fourth-order valence-corrected chi connectivity index (χ4v) is 2.04. The zero-order valence-corrected chi connectivity index (χ0v) is 11.4. The van der Waals surface area contributed by atoms with Crippen molar-refractivity contribution in [3.05, 3.63) is 29.3 Å². The molecule has 2 unspecified atom stereocenters. The Morgan fingerprint density at radius 2 is 2.17 bits per heavy atom. The van der Waals surface area contributed by atoms with E-state index in [1.807, 2.05) is 25.1 Å². The first-order valence-corrected chi connectivity index (χ1v) is 6.77. The van der Waals surface area contributed by atoms with Gasteiger partial charge in [-0.1, -0.05) is 13.8 Å². The van der Waals surface area contributed by atoms with E-state index in [1.165, 1.54) is 0 Å². The smallest absolute Gasteiger partial charge is 0.251 e. The molecule has 2 rings (SSSR count). The highest BCUT2D eigenvalue weighted by atomic mass is 16.1. The Morgan fingerprint density at radius 1 is 1.44 bits per heavy atom. The third-order valence-corrected chi connectivity index (χ3v) is 3.48. The summed E-state index contributed by atoms with van der Waals surface area (Å²) in [4.78, 5) is 12.0. The number of hydrogen-bond donors (Lipinski definition) is 2. The van der Waals surface area contributed by atoms with Crippen molar-refractivity contribution in [3.63, 3.8) is 0 Å². The van der Waals surface area contributed by atoms with E-state index in [0.29, 0.717) is 12.0 Å². The Hall–Kier alpha value is -1.51.